The Morgan fingerprint density at radius 2 is 1.73 bits per heavy atom. The number of amides is 1. The molecule has 6 rings (SSSR count). The number of rotatable bonds is 4. The summed E-state index contributed by atoms with van der Waals surface area (Å²) < 4.78 is 0. The highest BCUT2D eigenvalue weighted by Gasteiger charge is 2.21. The molecule has 0 aliphatic heterocycles. The average molecular weight is 507 g/mol. The Morgan fingerprint density at radius 1 is 0.892 bits per heavy atom. The molecule has 0 bridgehead atoms. The summed E-state index contributed by atoms with van der Waals surface area (Å²) in [5.41, 5.74) is 6.86. The van der Waals surface area contributed by atoms with E-state index in [-0.39, 0.29) is 5.91 Å². The van der Waals surface area contributed by atoms with Crippen molar-refractivity contribution in [2.24, 2.45) is 5.41 Å². The number of thiophene rings is 1. The average Bonchev–Trinajstić information content (AvgIpc) is 3.60. The number of anilines is 1. The second kappa shape index (κ2) is 8.67. The van der Waals surface area contributed by atoms with Crippen molar-refractivity contribution in [3.8, 4) is 33.0 Å². The lowest BCUT2D eigenvalue weighted by Crippen LogP contribution is -2.27. The van der Waals surface area contributed by atoms with Gasteiger partial charge >= 0.3 is 0 Å². The molecule has 0 radical (unpaired) electrons. The predicted molar refractivity (Wildman–Crippen MR) is 151 cm³/mol. The van der Waals surface area contributed by atoms with Gasteiger partial charge in [-0.2, -0.15) is 5.10 Å². The lowest BCUT2D eigenvalue weighted by Gasteiger charge is -2.17. The Bertz CT molecular complexity index is 1790. The monoisotopic (exact) mass is 506 g/mol. The third-order valence-electron chi connectivity index (χ3n) is 6.38. The largest absolute Gasteiger partial charge is 0.352 e. The zero-order valence-electron chi connectivity index (χ0n) is 21.0. The number of nitrogens with one attached hydrogen (secondary N) is 3. The topological polar surface area (TPSA) is 99.3 Å². The molecule has 0 fully saturated rings. The van der Waals surface area contributed by atoms with Gasteiger partial charge in [-0.05, 0) is 48.9 Å². The van der Waals surface area contributed by atoms with Crippen LogP contribution in [0, 0.1) is 12.3 Å². The number of aryl methyl sites for hydroxylation is 1. The number of pyridine rings is 2. The molecule has 184 valence electrons. The van der Waals surface area contributed by atoms with Crippen molar-refractivity contribution >= 4 is 44.7 Å². The Labute approximate surface area is 218 Å². The third-order valence-corrected chi connectivity index (χ3v) is 7.41. The molecule has 0 aliphatic carbocycles. The van der Waals surface area contributed by atoms with Gasteiger partial charge in [-0.15, -0.1) is 11.3 Å². The zero-order chi connectivity index (χ0) is 25.7. The Hall–Kier alpha value is -4.30. The molecule has 7 nitrogen and oxygen atoms in total. The molecule has 37 heavy (non-hydrogen) atoms. The first kappa shape index (κ1) is 23.1. The van der Waals surface area contributed by atoms with Gasteiger partial charge in [-0.1, -0.05) is 26.8 Å². The quantitative estimate of drug-likeness (QED) is 0.236. The van der Waals surface area contributed by atoms with E-state index < -0.39 is 5.41 Å². The predicted octanol–water partition coefficient (Wildman–Crippen LogP) is 7.19. The van der Waals surface area contributed by atoms with E-state index in [1.165, 1.54) is 9.75 Å². The third kappa shape index (κ3) is 4.29. The van der Waals surface area contributed by atoms with Crippen LogP contribution in [0.15, 0.2) is 67.3 Å². The van der Waals surface area contributed by atoms with E-state index in [1.54, 1.807) is 23.7 Å². The van der Waals surface area contributed by atoms with Crippen molar-refractivity contribution in [2.45, 2.75) is 27.7 Å². The van der Waals surface area contributed by atoms with Gasteiger partial charge in [0.05, 0.1) is 34.8 Å². The normalized spacial score (nSPS) is 11.9. The molecular formula is C29H26N6OS. The lowest BCUT2D eigenvalue weighted by molar-refractivity contribution is -0.123. The maximum atomic E-state index is 12.5. The first-order chi connectivity index (χ1) is 17.8. The minimum absolute atomic E-state index is 0.0515. The van der Waals surface area contributed by atoms with Crippen molar-refractivity contribution in [1.29, 1.82) is 0 Å². The van der Waals surface area contributed by atoms with Gasteiger partial charge in [0.1, 0.15) is 5.69 Å². The molecular weight excluding hydrogens is 480 g/mol. The van der Waals surface area contributed by atoms with Crippen LogP contribution in [-0.2, 0) is 4.79 Å². The Kier molecular flexibility index (Phi) is 5.42. The van der Waals surface area contributed by atoms with Crippen molar-refractivity contribution in [1.82, 2.24) is 25.1 Å². The molecule has 8 heteroatoms. The lowest BCUT2D eigenvalue weighted by atomic mass is 9.95. The van der Waals surface area contributed by atoms with Crippen molar-refractivity contribution in [3.63, 3.8) is 0 Å². The van der Waals surface area contributed by atoms with Gasteiger partial charge in [0.15, 0.2) is 0 Å². The maximum absolute atomic E-state index is 12.5. The number of carbonyl (C=O) groups is 1. The highest BCUT2D eigenvalue weighted by molar-refractivity contribution is 7.15. The molecule has 0 atom stereocenters. The highest BCUT2D eigenvalue weighted by atomic mass is 32.1. The van der Waals surface area contributed by atoms with Crippen molar-refractivity contribution in [2.75, 3.05) is 5.32 Å². The number of aromatic nitrogens is 5. The number of H-pyrrole nitrogens is 2. The van der Waals surface area contributed by atoms with Crippen LogP contribution in [-0.4, -0.2) is 31.1 Å². The second-order valence-corrected chi connectivity index (χ2v) is 11.5. The van der Waals surface area contributed by atoms with E-state index in [4.69, 9.17) is 0 Å². The number of hydrogen-bond donors (Lipinski definition) is 3. The summed E-state index contributed by atoms with van der Waals surface area (Å²) in [6.07, 6.45) is 7.24. The fraction of sp³-hybridized carbons (Fsp3) is 0.172. The van der Waals surface area contributed by atoms with Crippen LogP contribution in [0.25, 0.3) is 54.8 Å². The van der Waals surface area contributed by atoms with Crippen LogP contribution in [0.3, 0.4) is 0 Å². The molecule has 1 amide bonds. The number of benzene rings is 1. The molecule has 3 N–H and O–H groups in total. The summed E-state index contributed by atoms with van der Waals surface area (Å²) in [7, 11) is 0. The molecule has 5 aromatic heterocycles. The Morgan fingerprint density at radius 3 is 2.51 bits per heavy atom. The van der Waals surface area contributed by atoms with Crippen LogP contribution < -0.4 is 5.32 Å². The van der Waals surface area contributed by atoms with Gasteiger partial charge in [0.25, 0.3) is 0 Å². The molecule has 1 aromatic carbocycles. The van der Waals surface area contributed by atoms with Crippen LogP contribution in [0.1, 0.15) is 25.6 Å². The summed E-state index contributed by atoms with van der Waals surface area (Å²) in [5.74, 6) is -0.0515. The Balaban J connectivity index is 1.40. The van der Waals surface area contributed by atoms with Crippen molar-refractivity contribution < 1.29 is 4.79 Å². The number of carbonyl (C=O) groups excluding carboxylic acids is 1. The minimum Gasteiger partial charge on any atom is -0.352 e. The second-order valence-electron chi connectivity index (χ2n) is 10.2. The summed E-state index contributed by atoms with van der Waals surface area (Å²) in [6, 6.07) is 14.5. The summed E-state index contributed by atoms with van der Waals surface area (Å²) in [4.78, 5) is 27.3. The van der Waals surface area contributed by atoms with E-state index in [2.05, 4.69) is 61.7 Å². The number of nitrogens with zero attached hydrogens (tertiary/aromatic N) is 3. The summed E-state index contributed by atoms with van der Waals surface area (Å²) in [5, 5.41) is 12.9. The fourth-order valence-electron chi connectivity index (χ4n) is 4.34. The number of aromatic amines is 2. The number of fused-ring (bicyclic) bond motifs is 2. The molecule has 0 saturated heterocycles. The van der Waals surface area contributed by atoms with E-state index in [0.29, 0.717) is 5.69 Å². The molecule has 5 heterocycles. The standard InChI is InChI=1S/C29H26N6OS/c1-16-5-8-26(37-16)22-14-31-15-25-20(22)11-24(33-25)27-21-10-17(6-7-23(21)34-35-27)18-9-19(13-30-12-18)32-28(36)29(2,3)4/h5-15,33H,1-4H3,(H,32,36)(H,34,35). The number of hydrogen-bond acceptors (Lipinski definition) is 5. The molecule has 0 unspecified atom stereocenters. The highest BCUT2D eigenvalue weighted by Crippen LogP contribution is 2.37. The van der Waals surface area contributed by atoms with E-state index in [0.717, 1.165) is 49.9 Å². The van der Waals surface area contributed by atoms with Gasteiger partial charge in [-0.25, -0.2) is 0 Å². The zero-order valence-corrected chi connectivity index (χ0v) is 21.8. The van der Waals surface area contributed by atoms with Crippen LogP contribution in [0.2, 0.25) is 0 Å². The molecule has 6 aromatic rings. The first-order valence-electron chi connectivity index (χ1n) is 12.1. The van der Waals surface area contributed by atoms with Gasteiger partial charge < -0.3 is 10.3 Å². The smallest absolute Gasteiger partial charge is 0.229 e. The van der Waals surface area contributed by atoms with Crippen molar-refractivity contribution in [3.05, 3.63) is 72.1 Å². The summed E-state index contributed by atoms with van der Waals surface area (Å²) >= 11 is 1.76. The molecule has 0 saturated carbocycles. The van der Waals surface area contributed by atoms with Gasteiger partial charge in [0.2, 0.25) is 5.91 Å². The van der Waals surface area contributed by atoms with Crippen LogP contribution >= 0.6 is 11.3 Å². The first-order valence-corrected chi connectivity index (χ1v) is 12.9. The fourth-order valence-corrected chi connectivity index (χ4v) is 5.23. The minimum atomic E-state index is -0.488. The molecule has 0 spiro atoms. The maximum Gasteiger partial charge on any atom is 0.229 e. The SMILES string of the molecule is Cc1ccc(-c2cncc3[nH]c(-c4n[nH]c5ccc(-c6cncc(NC(=O)C(C)(C)C)c6)cc45)cc23)s1. The van der Waals surface area contributed by atoms with Gasteiger partial charge in [-0.3, -0.25) is 19.9 Å². The van der Waals surface area contributed by atoms with Crippen LogP contribution in [0.5, 0.6) is 0 Å². The van der Waals surface area contributed by atoms with Gasteiger partial charge in [0, 0.05) is 49.5 Å². The van der Waals surface area contributed by atoms with E-state index in [1.807, 2.05) is 51.4 Å². The van der Waals surface area contributed by atoms with Crippen LogP contribution in [0.4, 0.5) is 5.69 Å². The molecule has 0 aliphatic rings. The summed E-state index contributed by atoms with van der Waals surface area (Å²) in [6.45, 7) is 7.77. The van der Waals surface area contributed by atoms with E-state index in [9.17, 15) is 4.79 Å². The van der Waals surface area contributed by atoms with E-state index >= 15 is 0 Å².